The second kappa shape index (κ2) is 6.97. The molecule has 0 fully saturated rings. The number of anilines is 1. The Morgan fingerprint density at radius 2 is 2.10 bits per heavy atom. The van der Waals surface area contributed by atoms with Gasteiger partial charge in [-0.1, -0.05) is 0 Å². The summed E-state index contributed by atoms with van der Waals surface area (Å²) in [7, 11) is -5.01. The van der Waals surface area contributed by atoms with Crippen LogP contribution >= 0.6 is 15.9 Å². The van der Waals surface area contributed by atoms with Gasteiger partial charge in [0.15, 0.2) is 0 Å². The highest BCUT2D eigenvalue weighted by atomic mass is 79.9. The third-order valence-electron chi connectivity index (χ3n) is 2.54. The molecule has 1 aromatic carbocycles. The summed E-state index contributed by atoms with van der Waals surface area (Å²) in [6.07, 6.45) is 1.94. The van der Waals surface area contributed by atoms with Gasteiger partial charge in [-0.25, -0.2) is 17.5 Å². The van der Waals surface area contributed by atoms with Crippen LogP contribution < -0.4 is 10.5 Å². The number of benzene rings is 1. The van der Waals surface area contributed by atoms with Gasteiger partial charge in [0.1, 0.15) is 10.7 Å². The molecule has 0 aliphatic heterocycles. The fourth-order valence-corrected chi connectivity index (χ4v) is 3.85. The Labute approximate surface area is 128 Å². The summed E-state index contributed by atoms with van der Waals surface area (Å²) in [6, 6.07) is 1.62. The smallest absolute Gasteiger partial charge is 0.243 e. The first kappa shape index (κ1) is 17.5. The van der Waals surface area contributed by atoms with Gasteiger partial charge >= 0.3 is 0 Å². The minimum Gasteiger partial charge on any atom is -0.398 e. The lowest BCUT2D eigenvalue weighted by Gasteiger charge is -2.14. The van der Waals surface area contributed by atoms with Crippen molar-refractivity contribution in [1.29, 1.82) is 0 Å². The molecule has 0 saturated heterocycles. The number of nitrogens with two attached hydrogens (primary N) is 1. The van der Waals surface area contributed by atoms with Crippen LogP contribution in [0, 0.1) is 5.82 Å². The highest BCUT2D eigenvalue weighted by Gasteiger charge is 2.22. The lowest BCUT2D eigenvalue weighted by molar-refractivity contribution is 0.539. The summed E-state index contributed by atoms with van der Waals surface area (Å²) in [5, 5.41) is 0. The summed E-state index contributed by atoms with van der Waals surface area (Å²) >= 11 is 3.02. The molecule has 0 aliphatic rings. The second-order valence-electron chi connectivity index (χ2n) is 4.39. The van der Waals surface area contributed by atoms with Crippen molar-refractivity contribution in [3.05, 3.63) is 22.4 Å². The van der Waals surface area contributed by atoms with Crippen LogP contribution in [-0.4, -0.2) is 30.7 Å². The van der Waals surface area contributed by atoms with Gasteiger partial charge in [0, 0.05) is 39.0 Å². The van der Waals surface area contributed by atoms with E-state index in [4.69, 9.17) is 5.73 Å². The van der Waals surface area contributed by atoms with E-state index in [-0.39, 0.29) is 5.69 Å². The van der Waals surface area contributed by atoms with Gasteiger partial charge in [-0.15, -0.1) is 0 Å². The van der Waals surface area contributed by atoms with Crippen LogP contribution in [0.4, 0.5) is 10.1 Å². The third kappa shape index (κ3) is 4.80. The number of nitrogen functional groups attached to an aromatic ring is 1. The van der Waals surface area contributed by atoms with Crippen molar-refractivity contribution >= 4 is 42.4 Å². The maximum Gasteiger partial charge on any atom is 0.243 e. The molecule has 3 N–H and O–H groups in total. The summed E-state index contributed by atoms with van der Waals surface area (Å²) in [4.78, 5) is -0.498. The van der Waals surface area contributed by atoms with Crippen molar-refractivity contribution < 1.29 is 17.0 Å². The minimum absolute atomic E-state index is 0.133. The highest BCUT2D eigenvalue weighted by molar-refractivity contribution is 9.10. The van der Waals surface area contributed by atoms with Gasteiger partial charge in [-0.2, -0.15) is 0 Å². The van der Waals surface area contributed by atoms with E-state index < -0.39 is 37.6 Å². The Balaban J connectivity index is 2.94. The average molecular weight is 387 g/mol. The van der Waals surface area contributed by atoms with Crippen molar-refractivity contribution in [3.63, 3.8) is 0 Å². The molecule has 2 atom stereocenters. The van der Waals surface area contributed by atoms with Crippen LogP contribution in [0.3, 0.4) is 0 Å². The average Bonchev–Trinajstić information content (AvgIpc) is 2.30. The Morgan fingerprint density at radius 3 is 2.65 bits per heavy atom. The SMILES string of the molecule is CC(CCS(C)=O)NS(=O)(=O)c1cc(N)c(Br)cc1F. The number of sulfonamides is 1. The third-order valence-corrected chi connectivity index (χ3v) is 5.64. The van der Waals surface area contributed by atoms with Gasteiger partial charge in [0.05, 0.1) is 0 Å². The molecule has 114 valence electrons. The molecule has 0 spiro atoms. The molecule has 0 heterocycles. The molecule has 1 rings (SSSR count). The molecule has 9 heteroatoms. The molecule has 0 bridgehead atoms. The molecule has 5 nitrogen and oxygen atoms in total. The molecule has 0 aromatic heterocycles. The van der Waals surface area contributed by atoms with E-state index in [1.165, 1.54) is 6.26 Å². The van der Waals surface area contributed by atoms with Crippen LogP contribution in [0.25, 0.3) is 0 Å². The number of hydrogen-bond donors (Lipinski definition) is 2. The van der Waals surface area contributed by atoms with Crippen LogP contribution in [0.5, 0.6) is 0 Å². The zero-order valence-corrected chi connectivity index (χ0v) is 14.2. The number of rotatable bonds is 6. The quantitative estimate of drug-likeness (QED) is 0.726. The van der Waals surface area contributed by atoms with Crippen LogP contribution in [0.15, 0.2) is 21.5 Å². The van der Waals surface area contributed by atoms with E-state index in [9.17, 15) is 17.0 Å². The van der Waals surface area contributed by atoms with E-state index >= 15 is 0 Å². The molecule has 2 unspecified atom stereocenters. The fourth-order valence-electron chi connectivity index (χ4n) is 1.48. The Morgan fingerprint density at radius 1 is 1.50 bits per heavy atom. The van der Waals surface area contributed by atoms with Crippen molar-refractivity contribution in [2.45, 2.75) is 24.3 Å². The van der Waals surface area contributed by atoms with E-state index in [0.29, 0.717) is 16.6 Å². The summed E-state index contributed by atoms with van der Waals surface area (Å²) in [5.74, 6) is -0.515. The molecule has 0 aliphatic carbocycles. The standard InChI is InChI=1S/C11H16BrFN2O3S2/c1-7(3-4-19(2)16)15-20(17,18)11-6-10(14)8(12)5-9(11)13/h5-7,15H,3-4,14H2,1-2H3. The Kier molecular flexibility index (Phi) is 6.11. The fraction of sp³-hybridized carbons (Fsp3) is 0.455. The molecule has 0 saturated carbocycles. The van der Waals surface area contributed by atoms with Gasteiger partial charge < -0.3 is 5.73 Å². The predicted octanol–water partition coefficient (Wildman–Crippen LogP) is 1.61. The first-order valence-electron chi connectivity index (χ1n) is 5.70. The topological polar surface area (TPSA) is 89.3 Å². The van der Waals surface area contributed by atoms with Crippen LogP contribution in [0.1, 0.15) is 13.3 Å². The monoisotopic (exact) mass is 386 g/mol. The predicted molar refractivity (Wildman–Crippen MR) is 81.8 cm³/mol. The summed E-state index contributed by atoms with van der Waals surface area (Å²) in [5.41, 5.74) is 5.70. The van der Waals surface area contributed by atoms with Crippen molar-refractivity contribution in [3.8, 4) is 0 Å². The zero-order chi connectivity index (χ0) is 15.5. The Bertz CT molecular complexity index is 622. The molecular formula is C11H16BrFN2O3S2. The second-order valence-corrected chi connectivity index (χ2v) is 8.48. The molecule has 0 radical (unpaired) electrons. The Hall–Kier alpha value is -0.510. The van der Waals surface area contributed by atoms with Gasteiger partial charge in [-0.05, 0) is 41.4 Å². The van der Waals surface area contributed by atoms with Crippen molar-refractivity contribution in [1.82, 2.24) is 4.72 Å². The van der Waals surface area contributed by atoms with Crippen LogP contribution in [0.2, 0.25) is 0 Å². The van der Waals surface area contributed by atoms with Gasteiger partial charge in [0.25, 0.3) is 0 Å². The molecule has 1 aromatic rings. The van der Waals surface area contributed by atoms with E-state index in [1.54, 1.807) is 6.92 Å². The number of nitrogens with one attached hydrogen (secondary N) is 1. The van der Waals surface area contributed by atoms with E-state index in [1.807, 2.05) is 0 Å². The zero-order valence-electron chi connectivity index (χ0n) is 11.0. The number of halogens is 2. The normalized spacial score (nSPS) is 15.0. The maximum atomic E-state index is 13.7. The van der Waals surface area contributed by atoms with E-state index in [0.717, 1.165) is 12.1 Å². The molecular weight excluding hydrogens is 371 g/mol. The first-order valence-corrected chi connectivity index (χ1v) is 9.70. The van der Waals surface area contributed by atoms with Crippen molar-refractivity contribution in [2.24, 2.45) is 0 Å². The lowest BCUT2D eigenvalue weighted by Crippen LogP contribution is -2.34. The number of hydrogen-bond acceptors (Lipinski definition) is 4. The molecule has 0 amide bonds. The van der Waals surface area contributed by atoms with Crippen LogP contribution in [-0.2, 0) is 20.8 Å². The lowest BCUT2D eigenvalue weighted by atomic mass is 10.3. The van der Waals surface area contributed by atoms with Crippen molar-refractivity contribution in [2.75, 3.05) is 17.7 Å². The summed E-state index contributed by atoms with van der Waals surface area (Å²) < 4.78 is 51.5. The van der Waals surface area contributed by atoms with Gasteiger partial charge in [0.2, 0.25) is 10.0 Å². The maximum absolute atomic E-state index is 13.7. The highest BCUT2D eigenvalue weighted by Crippen LogP contribution is 2.26. The minimum atomic E-state index is -4.00. The van der Waals surface area contributed by atoms with E-state index in [2.05, 4.69) is 20.7 Å². The first-order chi connectivity index (χ1) is 9.13. The summed E-state index contributed by atoms with van der Waals surface area (Å²) in [6.45, 7) is 1.63. The molecule has 20 heavy (non-hydrogen) atoms. The largest absolute Gasteiger partial charge is 0.398 e. The van der Waals surface area contributed by atoms with Gasteiger partial charge in [-0.3, -0.25) is 4.21 Å².